The van der Waals surface area contributed by atoms with E-state index in [1.165, 1.54) is 13.3 Å². The number of imidazole rings is 1. The molecule has 0 spiro atoms. The predicted molar refractivity (Wildman–Crippen MR) is 131 cm³/mol. The summed E-state index contributed by atoms with van der Waals surface area (Å²) in [7, 11) is 1.35. The van der Waals surface area contributed by atoms with E-state index in [4.69, 9.17) is 9.47 Å². The molecule has 1 aliphatic rings. The standard InChI is InChI=1S/C26H37N3O5/c1-8-9-10-26(6)11-13-28(14-12-26)22-20(21(24(32)33-7)34-25(3,4)5)17(2)15-19-27-18(23(30)31)16-29(19)22/h8,15-16,21H,1,9-14H2,2-7H3,(H,30,31)/t21-/m0/s1. The second kappa shape index (κ2) is 9.78. The molecular formula is C26H37N3O5. The van der Waals surface area contributed by atoms with Crippen LogP contribution >= 0.6 is 0 Å². The molecular weight excluding hydrogens is 434 g/mol. The molecule has 3 heterocycles. The van der Waals surface area contributed by atoms with Gasteiger partial charge in [0.05, 0.1) is 12.7 Å². The van der Waals surface area contributed by atoms with Crippen LogP contribution in [0.3, 0.4) is 0 Å². The zero-order valence-electron chi connectivity index (χ0n) is 21.2. The highest BCUT2D eigenvalue weighted by Crippen LogP contribution is 2.41. The Morgan fingerprint density at radius 3 is 2.50 bits per heavy atom. The lowest BCUT2D eigenvalue weighted by molar-refractivity contribution is -0.164. The van der Waals surface area contributed by atoms with Crippen LogP contribution in [-0.2, 0) is 14.3 Å². The SMILES string of the molecule is C=CCCC1(C)CCN(c2c([C@H](OC(C)(C)C)C(=O)OC)c(C)cc3nc(C(=O)O)cn23)CC1. The molecule has 1 saturated heterocycles. The van der Waals surface area contributed by atoms with Crippen LogP contribution in [0.25, 0.3) is 5.65 Å². The van der Waals surface area contributed by atoms with E-state index in [0.717, 1.165) is 50.2 Å². The Balaban J connectivity index is 2.17. The van der Waals surface area contributed by atoms with E-state index < -0.39 is 23.6 Å². The van der Waals surface area contributed by atoms with Gasteiger partial charge >= 0.3 is 11.9 Å². The van der Waals surface area contributed by atoms with Gasteiger partial charge in [0, 0.05) is 24.8 Å². The fourth-order valence-corrected chi connectivity index (χ4v) is 4.64. The Bertz CT molecular complexity index is 1070. The molecule has 2 aromatic heterocycles. The van der Waals surface area contributed by atoms with Gasteiger partial charge in [0.1, 0.15) is 11.5 Å². The average Bonchev–Trinajstić information content (AvgIpc) is 3.19. The van der Waals surface area contributed by atoms with Gasteiger partial charge in [-0.3, -0.25) is 4.40 Å². The second-order valence-electron chi connectivity index (χ2n) is 10.5. The van der Waals surface area contributed by atoms with Crippen LogP contribution in [-0.4, -0.2) is 52.2 Å². The van der Waals surface area contributed by atoms with Gasteiger partial charge in [-0.15, -0.1) is 6.58 Å². The van der Waals surface area contributed by atoms with Crippen LogP contribution in [0.15, 0.2) is 24.9 Å². The van der Waals surface area contributed by atoms with Crippen LogP contribution in [0.4, 0.5) is 5.82 Å². The number of fused-ring (bicyclic) bond motifs is 1. The number of methoxy groups -OCH3 is 1. The quantitative estimate of drug-likeness (QED) is 0.430. The topological polar surface area (TPSA) is 93.4 Å². The molecule has 0 aromatic carbocycles. The van der Waals surface area contributed by atoms with Gasteiger partial charge in [0.25, 0.3) is 0 Å². The molecule has 0 saturated carbocycles. The Morgan fingerprint density at radius 2 is 1.97 bits per heavy atom. The molecule has 1 atom stereocenters. The summed E-state index contributed by atoms with van der Waals surface area (Å²) in [6.07, 6.45) is 6.51. The Labute approximate surface area is 201 Å². The van der Waals surface area contributed by atoms with Gasteiger partial charge in [-0.2, -0.15) is 0 Å². The normalized spacial score (nSPS) is 16.9. The summed E-state index contributed by atoms with van der Waals surface area (Å²) in [5, 5.41) is 9.57. The maximum absolute atomic E-state index is 13.0. The third-order valence-corrected chi connectivity index (χ3v) is 6.56. The number of aromatic carboxylic acids is 1. The molecule has 0 bridgehead atoms. The zero-order valence-corrected chi connectivity index (χ0v) is 21.2. The number of esters is 1. The molecule has 2 aromatic rings. The Kier molecular flexibility index (Phi) is 7.41. The summed E-state index contributed by atoms with van der Waals surface area (Å²) in [5.41, 5.74) is 1.55. The molecule has 0 unspecified atom stereocenters. The number of piperidine rings is 1. The number of aryl methyl sites for hydroxylation is 1. The second-order valence-corrected chi connectivity index (χ2v) is 10.5. The smallest absolute Gasteiger partial charge is 0.356 e. The first-order chi connectivity index (χ1) is 15.9. The first kappa shape index (κ1) is 25.7. The van der Waals surface area contributed by atoms with E-state index in [2.05, 4.69) is 23.4 Å². The van der Waals surface area contributed by atoms with Crippen molar-refractivity contribution >= 4 is 23.4 Å². The van der Waals surface area contributed by atoms with E-state index >= 15 is 0 Å². The fraction of sp³-hybridized carbons (Fsp3) is 0.577. The third-order valence-electron chi connectivity index (χ3n) is 6.56. The monoisotopic (exact) mass is 471 g/mol. The van der Waals surface area contributed by atoms with Crippen molar-refractivity contribution in [2.75, 3.05) is 25.1 Å². The van der Waals surface area contributed by atoms with E-state index in [1.807, 2.05) is 33.8 Å². The molecule has 8 heteroatoms. The first-order valence-electron chi connectivity index (χ1n) is 11.8. The Morgan fingerprint density at radius 1 is 1.32 bits per heavy atom. The van der Waals surface area contributed by atoms with E-state index in [1.54, 1.807) is 10.5 Å². The minimum absolute atomic E-state index is 0.0445. The van der Waals surface area contributed by atoms with Crippen molar-refractivity contribution in [1.82, 2.24) is 9.38 Å². The number of rotatable bonds is 8. The van der Waals surface area contributed by atoms with Crippen molar-refractivity contribution in [1.29, 1.82) is 0 Å². The lowest BCUT2D eigenvalue weighted by Crippen LogP contribution is -2.41. The van der Waals surface area contributed by atoms with Crippen LogP contribution in [0.1, 0.15) is 81.1 Å². The van der Waals surface area contributed by atoms with E-state index in [-0.39, 0.29) is 11.1 Å². The van der Waals surface area contributed by atoms with Crippen molar-refractivity contribution in [3.8, 4) is 0 Å². The van der Waals surface area contributed by atoms with Gasteiger partial charge < -0.3 is 19.5 Å². The molecule has 1 N–H and O–H groups in total. The van der Waals surface area contributed by atoms with Crippen LogP contribution < -0.4 is 4.90 Å². The highest BCUT2D eigenvalue weighted by atomic mass is 16.6. The summed E-state index contributed by atoms with van der Waals surface area (Å²) in [4.78, 5) is 31.2. The molecule has 186 valence electrons. The number of aromatic nitrogens is 2. The van der Waals surface area contributed by atoms with Crippen molar-refractivity contribution in [2.24, 2.45) is 5.41 Å². The van der Waals surface area contributed by atoms with Gasteiger partial charge in [-0.1, -0.05) is 13.0 Å². The van der Waals surface area contributed by atoms with E-state index in [0.29, 0.717) is 11.2 Å². The lowest BCUT2D eigenvalue weighted by Gasteiger charge is -2.42. The third kappa shape index (κ3) is 5.43. The summed E-state index contributed by atoms with van der Waals surface area (Å²) in [5.74, 6) is -0.856. The largest absolute Gasteiger partial charge is 0.476 e. The summed E-state index contributed by atoms with van der Waals surface area (Å²) >= 11 is 0. The maximum Gasteiger partial charge on any atom is 0.356 e. The summed E-state index contributed by atoms with van der Waals surface area (Å²) in [6, 6.07) is 1.80. The highest BCUT2D eigenvalue weighted by Gasteiger charge is 2.37. The van der Waals surface area contributed by atoms with Gasteiger partial charge in [0.15, 0.2) is 11.8 Å². The fourth-order valence-electron chi connectivity index (χ4n) is 4.64. The van der Waals surface area contributed by atoms with E-state index in [9.17, 15) is 14.7 Å². The predicted octanol–water partition coefficient (Wildman–Crippen LogP) is 4.94. The van der Waals surface area contributed by atoms with Crippen molar-refractivity contribution in [2.45, 2.75) is 72.0 Å². The van der Waals surface area contributed by atoms with Crippen molar-refractivity contribution in [3.05, 3.63) is 41.7 Å². The average molecular weight is 472 g/mol. The van der Waals surface area contributed by atoms with Crippen LogP contribution in [0.5, 0.6) is 0 Å². The molecule has 0 radical (unpaired) electrons. The number of nitrogens with zero attached hydrogens (tertiary/aromatic N) is 3. The maximum atomic E-state index is 13.0. The number of carboxylic acid groups (broad SMARTS) is 1. The number of carbonyl (C=O) groups excluding carboxylic acids is 1. The summed E-state index contributed by atoms with van der Waals surface area (Å²) in [6.45, 7) is 15.3. The molecule has 34 heavy (non-hydrogen) atoms. The highest BCUT2D eigenvalue weighted by molar-refractivity contribution is 5.87. The Hall–Kier alpha value is -2.87. The van der Waals surface area contributed by atoms with Crippen LogP contribution in [0, 0.1) is 12.3 Å². The van der Waals surface area contributed by atoms with Gasteiger partial charge in [0.2, 0.25) is 0 Å². The number of anilines is 1. The number of hydrogen-bond donors (Lipinski definition) is 1. The minimum atomic E-state index is -1.10. The number of pyridine rings is 1. The van der Waals surface area contributed by atoms with Crippen molar-refractivity contribution < 1.29 is 24.2 Å². The first-order valence-corrected chi connectivity index (χ1v) is 11.8. The molecule has 0 aliphatic carbocycles. The molecule has 3 rings (SSSR count). The molecule has 1 fully saturated rings. The van der Waals surface area contributed by atoms with Crippen LogP contribution in [0.2, 0.25) is 0 Å². The van der Waals surface area contributed by atoms with Gasteiger partial charge in [-0.05, 0) is 70.4 Å². The summed E-state index contributed by atoms with van der Waals surface area (Å²) < 4.78 is 13.1. The van der Waals surface area contributed by atoms with Gasteiger partial charge in [-0.25, -0.2) is 14.6 Å². The number of ether oxygens (including phenoxy) is 2. The number of carbonyl (C=O) groups is 2. The van der Waals surface area contributed by atoms with Crippen molar-refractivity contribution in [3.63, 3.8) is 0 Å². The number of carboxylic acids is 1. The molecule has 1 aliphatic heterocycles. The molecule has 8 nitrogen and oxygen atoms in total. The number of allylic oxidation sites excluding steroid dienone is 1. The number of hydrogen-bond acceptors (Lipinski definition) is 6. The molecule has 0 amide bonds. The lowest BCUT2D eigenvalue weighted by atomic mass is 9.76. The zero-order chi connectivity index (χ0) is 25.3. The minimum Gasteiger partial charge on any atom is -0.476 e.